The molecule has 0 bridgehead atoms. The Morgan fingerprint density at radius 2 is 1.08 bits per heavy atom. The maximum absolute atomic E-state index is 7.08. The lowest BCUT2D eigenvalue weighted by molar-refractivity contribution is 0.0321. The molecule has 26 heavy (non-hydrogen) atoms. The lowest BCUT2D eigenvalue weighted by Crippen LogP contribution is -2.68. The molecule has 4 nitrogen and oxygen atoms in total. The predicted octanol–water partition coefficient (Wildman–Crippen LogP) is 6.01. The standard InChI is InChI=1S/C19H46O4Si3/c1-13-18(6,24(7,8)20-16-4)22-25(9,10)19(14-2,15-3)23-26(11,12)21-17-5/h13-17H2,1-12H3. The van der Waals surface area contributed by atoms with E-state index in [9.17, 15) is 0 Å². The molecule has 1 atom stereocenters. The van der Waals surface area contributed by atoms with Crippen LogP contribution < -0.4 is 0 Å². The molecule has 0 aliphatic heterocycles. The van der Waals surface area contributed by atoms with Crippen LogP contribution in [0.2, 0.25) is 39.3 Å². The van der Waals surface area contributed by atoms with Gasteiger partial charge in [0.1, 0.15) is 0 Å². The first-order valence-electron chi connectivity index (χ1n) is 10.4. The molecular weight excluding hydrogens is 376 g/mol. The van der Waals surface area contributed by atoms with Crippen molar-refractivity contribution in [2.45, 2.75) is 111 Å². The van der Waals surface area contributed by atoms with E-state index in [0.717, 1.165) is 25.9 Å². The summed E-state index contributed by atoms with van der Waals surface area (Å²) >= 11 is 0. The van der Waals surface area contributed by atoms with Gasteiger partial charge in [0.05, 0.1) is 10.4 Å². The van der Waals surface area contributed by atoms with Gasteiger partial charge in [0, 0.05) is 13.2 Å². The van der Waals surface area contributed by atoms with E-state index < -0.39 is 25.2 Å². The van der Waals surface area contributed by atoms with Crippen molar-refractivity contribution >= 4 is 25.2 Å². The van der Waals surface area contributed by atoms with Crippen molar-refractivity contribution in [2.75, 3.05) is 13.2 Å². The van der Waals surface area contributed by atoms with E-state index in [1.165, 1.54) is 0 Å². The molecule has 0 saturated heterocycles. The fraction of sp³-hybridized carbons (Fsp3) is 1.00. The van der Waals surface area contributed by atoms with Gasteiger partial charge in [-0.25, -0.2) is 0 Å². The van der Waals surface area contributed by atoms with Gasteiger partial charge in [0.15, 0.2) is 0 Å². The highest BCUT2D eigenvalue weighted by atomic mass is 28.4. The molecule has 0 aromatic carbocycles. The monoisotopic (exact) mass is 422 g/mol. The lowest BCUT2D eigenvalue weighted by atomic mass is 10.2. The normalized spacial score (nSPS) is 16.6. The van der Waals surface area contributed by atoms with Crippen LogP contribution in [0.3, 0.4) is 0 Å². The first-order valence-corrected chi connectivity index (χ1v) is 19.0. The van der Waals surface area contributed by atoms with E-state index in [1.54, 1.807) is 0 Å². The summed E-state index contributed by atoms with van der Waals surface area (Å²) in [5, 5.41) is -0.472. The van der Waals surface area contributed by atoms with Crippen molar-refractivity contribution in [3.05, 3.63) is 0 Å². The summed E-state index contributed by atoms with van der Waals surface area (Å²) in [7, 11) is -6.44. The lowest BCUT2D eigenvalue weighted by Gasteiger charge is -2.53. The quantitative estimate of drug-likeness (QED) is 0.340. The average Bonchev–Trinajstić information content (AvgIpc) is 2.51. The molecule has 0 N–H and O–H groups in total. The first kappa shape index (κ1) is 26.5. The van der Waals surface area contributed by atoms with Crippen molar-refractivity contribution in [2.24, 2.45) is 0 Å². The van der Waals surface area contributed by atoms with Gasteiger partial charge in [0.25, 0.3) is 0 Å². The van der Waals surface area contributed by atoms with Gasteiger partial charge in [-0.05, 0) is 79.3 Å². The zero-order valence-corrected chi connectivity index (χ0v) is 22.7. The summed E-state index contributed by atoms with van der Waals surface area (Å²) in [4.78, 5) is 0. The Bertz CT molecular complexity index is 423. The minimum Gasteiger partial charge on any atom is -0.415 e. The Morgan fingerprint density at radius 1 is 0.615 bits per heavy atom. The van der Waals surface area contributed by atoms with Crippen LogP contribution in [-0.4, -0.2) is 48.9 Å². The molecule has 0 rings (SSSR count). The topological polar surface area (TPSA) is 36.9 Å². The third-order valence-electron chi connectivity index (χ3n) is 6.11. The van der Waals surface area contributed by atoms with Crippen LogP contribution >= 0.6 is 0 Å². The zero-order valence-electron chi connectivity index (χ0n) is 19.7. The van der Waals surface area contributed by atoms with Gasteiger partial charge in [0.2, 0.25) is 16.6 Å². The Labute approximate surface area is 166 Å². The van der Waals surface area contributed by atoms with Gasteiger partial charge in [-0.15, -0.1) is 0 Å². The zero-order chi connectivity index (χ0) is 20.9. The van der Waals surface area contributed by atoms with Crippen molar-refractivity contribution in [3.63, 3.8) is 0 Å². The number of hydrogen-bond acceptors (Lipinski definition) is 4. The molecule has 0 aliphatic carbocycles. The SMILES string of the molecule is CCO[Si](C)(C)OC(CC)(CC)[Si](C)(C)OC(C)(CC)[Si](C)(C)OCC. The molecule has 0 radical (unpaired) electrons. The van der Waals surface area contributed by atoms with Gasteiger partial charge in [-0.2, -0.15) is 0 Å². The second-order valence-electron chi connectivity index (χ2n) is 8.78. The Balaban J connectivity index is 5.88. The van der Waals surface area contributed by atoms with Crippen LogP contribution in [0, 0.1) is 0 Å². The Kier molecular flexibility index (Phi) is 9.99. The van der Waals surface area contributed by atoms with Crippen LogP contribution in [0.4, 0.5) is 0 Å². The molecule has 1 unspecified atom stereocenters. The first-order chi connectivity index (χ1) is 11.7. The van der Waals surface area contributed by atoms with Crippen LogP contribution in [0.25, 0.3) is 0 Å². The summed E-state index contributed by atoms with van der Waals surface area (Å²) in [6, 6.07) is 0. The van der Waals surface area contributed by atoms with Gasteiger partial charge in [-0.3, -0.25) is 0 Å². The fourth-order valence-corrected chi connectivity index (χ4v) is 14.5. The van der Waals surface area contributed by atoms with E-state index in [1.807, 2.05) is 6.92 Å². The molecule has 0 aromatic heterocycles. The minimum absolute atomic E-state index is 0.227. The smallest absolute Gasteiger partial charge is 0.332 e. The van der Waals surface area contributed by atoms with E-state index in [4.69, 9.17) is 17.7 Å². The van der Waals surface area contributed by atoms with Gasteiger partial charge in [-0.1, -0.05) is 20.8 Å². The molecule has 0 aliphatic rings. The van der Waals surface area contributed by atoms with E-state index >= 15 is 0 Å². The number of rotatable bonds is 13. The number of hydrogen-bond donors (Lipinski definition) is 0. The van der Waals surface area contributed by atoms with Crippen molar-refractivity contribution in [3.8, 4) is 0 Å². The second kappa shape index (κ2) is 9.80. The van der Waals surface area contributed by atoms with Gasteiger partial charge >= 0.3 is 8.56 Å². The summed E-state index contributed by atoms with van der Waals surface area (Å²) in [6.07, 6.45) is 2.85. The third kappa shape index (κ3) is 5.99. The Hall–Kier alpha value is 0.491. The molecule has 7 heteroatoms. The molecule has 0 heterocycles. The minimum atomic E-state index is -2.23. The van der Waals surface area contributed by atoms with Crippen molar-refractivity contribution in [1.29, 1.82) is 0 Å². The summed E-state index contributed by atoms with van der Waals surface area (Å²) < 4.78 is 26.1. The Morgan fingerprint density at radius 3 is 1.42 bits per heavy atom. The highest BCUT2D eigenvalue weighted by Gasteiger charge is 2.56. The van der Waals surface area contributed by atoms with Crippen LogP contribution in [0.15, 0.2) is 0 Å². The van der Waals surface area contributed by atoms with E-state index in [0.29, 0.717) is 6.61 Å². The molecular formula is C19H46O4Si3. The maximum atomic E-state index is 7.08. The third-order valence-corrected chi connectivity index (χ3v) is 16.4. The van der Waals surface area contributed by atoms with Crippen molar-refractivity contribution < 1.29 is 17.7 Å². The van der Waals surface area contributed by atoms with E-state index in [2.05, 4.69) is 73.9 Å². The van der Waals surface area contributed by atoms with E-state index in [-0.39, 0.29) is 10.4 Å². The molecule has 0 saturated carbocycles. The molecule has 0 spiro atoms. The molecule has 158 valence electrons. The van der Waals surface area contributed by atoms with Crippen molar-refractivity contribution in [1.82, 2.24) is 0 Å². The summed E-state index contributed by atoms with van der Waals surface area (Å²) in [5.41, 5.74) is 0. The summed E-state index contributed by atoms with van der Waals surface area (Å²) in [5.74, 6) is 0. The molecule has 0 aromatic rings. The van der Waals surface area contributed by atoms with Crippen LogP contribution in [0.5, 0.6) is 0 Å². The largest absolute Gasteiger partial charge is 0.415 e. The second-order valence-corrected chi connectivity index (χ2v) is 20.6. The van der Waals surface area contributed by atoms with Crippen LogP contribution in [-0.2, 0) is 17.7 Å². The maximum Gasteiger partial charge on any atom is 0.332 e. The summed E-state index contributed by atoms with van der Waals surface area (Å²) in [6.45, 7) is 28.0. The molecule has 0 amide bonds. The molecule has 0 fully saturated rings. The van der Waals surface area contributed by atoms with Crippen LogP contribution in [0.1, 0.15) is 60.8 Å². The van der Waals surface area contributed by atoms with Gasteiger partial charge < -0.3 is 17.7 Å². The average molecular weight is 423 g/mol. The highest BCUT2D eigenvalue weighted by Crippen LogP contribution is 2.41. The predicted molar refractivity (Wildman–Crippen MR) is 120 cm³/mol. The highest BCUT2D eigenvalue weighted by molar-refractivity contribution is 6.79. The fourth-order valence-electron chi connectivity index (χ4n) is 4.01.